The molecule has 4 aliphatic rings. The van der Waals surface area contributed by atoms with Gasteiger partial charge in [-0.25, -0.2) is 8.42 Å². The largest absolute Gasteiger partial charge is 0.338 e. The Morgan fingerprint density at radius 2 is 1.76 bits per heavy atom. The summed E-state index contributed by atoms with van der Waals surface area (Å²) in [5, 5.41) is 2.16. The molecule has 1 aliphatic carbocycles. The predicted octanol–water partition coefficient (Wildman–Crippen LogP) is 3.16. The first-order valence-corrected chi connectivity index (χ1v) is 13.4. The van der Waals surface area contributed by atoms with Gasteiger partial charge in [-0.1, -0.05) is 23.7 Å². The number of amides is 2. The van der Waals surface area contributed by atoms with Crippen molar-refractivity contribution in [3.8, 4) is 0 Å². The smallest absolute Gasteiger partial charge is 0.245 e. The van der Waals surface area contributed by atoms with Crippen LogP contribution in [0.4, 0.5) is 0 Å². The fourth-order valence-electron chi connectivity index (χ4n) is 5.52. The van der Waals surface area contributed by atoms with Crippen molar-refractivity contribution in [3.63, 3.8) is 0 Å². The lowest BCUT2D eigenvalue weighted by atomic mass is 9.79. The van der Waals surface area contributed by atoms with Crippen LogP contribution in [0.3, 0.4) is 0 Å². The molecular formula is C24H28ClN3O4S. The number of sulfonamides is 1. The Balaban J connectivity index is 1.28. The molecule has 0 spiro atoms. The van der Waals surface area contributed by atoms with Gasteiger partial charge >= 0.3 is 0 Å². The van der Waals surface area contributed by atoms with Crippen LogP contribution in [0.2, 0.25) is 5.02 Å². The normalized spacial score (nSPS) is 26.2. The van der Waals surface area contributed by atoms with Gasteiger partial charge in [0.2, 0.25) is 21.8 Å². The molecule has 2 atom stereocenters. The number of benzene rings is 2. The van der Waals surface area contributed by atoms with Gasteiger partial charge in [-0.2, -0.15) is 4.72 Å². The third-order valence-electron chi connectivity index (χ3n) is 7.44. The minimum Gasteiger partial charge on any atom is -0.338 e. The number of likely N-dealkylation sites (tertiary alicyclic amines) is 1. The molecule has 0 radical (unpaired) electrons. The maximum absolute atomic E-state index is 13.2. The molecule has 7 nitrogen and oxygen atoms in total. The molecule has 2 amide bonds. The molecule has 3 heterocycles. The van der Waals surface area contributed by atoms with E-state index in [9.17, 15) is 18.0 Å². The quantitative estimate of drug-likeness (QED) is 0.699. The van der Waals surface area contributed by atoms with E-state index in [1.165, 1.54) is 23.8 Å². The Hall–Kier alpha value is -2.16. The number of fused-ring (bicyclic) bond motifs is 4. The van der Waals surface area contributed by atoms with Crippen molar-refractivity contribution >= 4 is 44.2 Å². The number of carbonyl (C=O) groups is 2. The minimum absolute atomic E-state index is 0.0190. The second-order valence-corrected chi connectivity index (χ2v) is 11.6. The van der Waals surface area contributed by atoms with Crippen molar-refractivity contribution < 1.29 is 18.0 Å². The highest BCUT2D eigenvalue weighted by atomic mass is 35.5. The second-order valence-electron chi connectivity index (χ2n) is 9.49. The molecule has 2 unspecified atom stereocenters. The Morgan fingerprint density at radius 3 is 2.45 bits per heavy atom. The lowest BCUT2D eigenvalue weighted by Crippen LogP contribution is -2.57. The summed E-state index contributed by atoms with van der Waals surface area (Å²) in [5.41, 5.74) is 0. The topological polar surface area (TPSA) is 86.8 Å². The minimum atomic E-state index is -3.90. The molecule has 6 rings (SSSR count). The Bertz CT molecular complexity index is 1210. The van der Waals surface area contributed by atoms with Crippen LogP contribution in [-0.4, -0.2) is 61.2 Å². The van der Waals surface area contributed by atoms with E-state index < -0.39 is 22.1 Å². The summed E-state index contributed by atoms with van der Waals surface area (Å²) in [6.45, 7) is 2.89. The fourth-order valence-corrected chi connectivity index (χ4v) is 6.96. The highest BCUT2D eigenvalue weighted by Crippen LogP contribution is 2.35. The SMILES string of the molecule is CC(C(=O)N1CC2CCC1CC2)N1CCC(NS(=O)(=O)c2ccc3cc(Cl)ccc3c2)C1=O. The molecule has 1 N–H and O–H groups in total. The van der Waals surface area contributed by atoms with Gasteiger partial charge < -0.3 is 9.80 Å². The van der Waals surface area contributed by atoms with Crippen molar-refractivity contribution in [3.05, 3.63) is 41.4 Å². The van der Waals surface area contributed by atoms with E-state index in [-0.39, 0.29) is 22.8 Å². The zero-order chi connectivity index (χ0) is 23.3. The lowest BCUT2D eigenvalue weighted by Gasteiger charge is -2.46. The van der Waals surface area contributed by atoms with Gasteiger partial charge in [-0.3, -0.25) is 9.59 Å². The van der Waals surface area contributed by atoms with Gasteiger partial charge in [0.25, 0.3) is 0 Å². The molecular weight excluding hydrogens is 462 g/mol. The highest BCUT2D eigenvalue weighted by molar-refractivity contribution is 7.89. The van der Waals surface area contributed by atoms with Crippen molar-refractivity contribution in [1.82, 2.24) is 14.5 Å². The van der Waals surface area contributed by atoms with Crippen molar-refractivity contribution in [1.29, 1.82) is 0 Å². The van der Waals surface area contributed by atoms with Crippen LogP contribution < -0.4 is 4.72 Å². The molecule has 4 fully saturated rings. The molecule has 2 aromatic rings. The zero-order valence-electron chi connectivity index (χ0n) is 18.5. The third-order valence-corrected chi connectivity index (χ3v) is 9.15. The molecule has 2 aromatic carbocycles. The summed E-state index contributed by atoms with van der Waals surface area (Å²) in [5.74, 6) is 0.210. The lowest BCUT2D eigenvalue weighted by molar-refractivity contribution is -0.148. The average Bonchev–Trinajstić information content (AvgIpc) is 3.17. The molecule has 2 bridgehead atoms. The second kappa shape index (κ2) is 8.56. The molecule has 3 aliphatic heterocycles. The van der Waals surface area contributed by atoms with Crippen LogP contribution in [0.1, 0.15) is 39.0 Å². The first-order chi connectivity index (χ1) is 15.7. The molecule has 33 heavy (non-hydrogen) atoms. The van der Waals surface area contributed by atoms with Crippen LogP contribution in [0.25, 0.3) is 10.8 Å². The molecule has 176 valence electrons. The standard InChI is InChI=1S/C24H28ClN3O4S/c1-15(23(29)28-14-16-2-7-20(28)8-3-16)27-11-10-22(24(27)30)26-33(31,32)21-9-5-17-12-19(25)6-4-18(17)13-21/h4-6,9,12-13,15-16,20,22,26H,2-3,7-8,10-11,14H2,1H3. The Kier molecular flexibility index (Phi) is 5.87. The summed E-state index contributed by atoms with van der Waals surface area (Å²) in [6, 6.07) is 8.84. The van der Waals surface area contributed by atoms with Gasteiger partial charge in [-0.15, -0.1) is 0 Å². The van der Waals surface area contributed by atoms with E-state index in [0.717, 1.165) is 30.2 Å². The first-order valence-electron chi connectivity index (χ1n) is 11.6. The van der Waals surface area contributed by atoms with E-state index in [1.807, 2.05) is 4.90 Å². The van der Waals surface area contributed by atoms with Gasteiger partial charge in [0.05, 0.1) is 4.90 Å². The summed E-state index contributed by atoms with van der Waals surface area (Å²) in [7, 11) is -3.90. The van der Waals surface area contributed by atoms with Crippen molar-refractivity contribution in [2.24, 2.45) is 5.92 Å². The number of nitrogens with one attached hydrogen (secondary N) is 1. The number of nitrogens with zero attached hydrogens (tertiary/aromatic N) is 2. The van der Waals surface area contributed by atoms with Gasteiger partial charge in [0.1, 0.15) is 12.1 Å². The monoisotopic (exact) mass is 489 g/mol. The average molecular weight is 490 g/mol. The van der Waals surface area contributed by atoms with Crippen LogP contribution in [0.15, 0.2) is 41.3 Å². The summed E-state index contributed by atoms with van der Waals surface area (Å²) in [6.07, 6.45) is 4.77. The van der Waals surface area contributed by atoms with Crippen molar-refractivity contribution in [2.75, 3.05) is 13.1 Å². The molecule has 9 heteroatoms. The highest BCUT2D eigenvalue weighted by Gasteiger charge is 2.43. The third kappa shape index (κ3) is 4.24. The maximum atomic E-state index is 13.2. The van der Waals surface area contributed by atoms with E-state index in [2.05, 4.69) is 4.72 Å². The Labute approximate surface area is 199 Å². The summed E-state index contributed by atoms with van der Waals surface area (Å²) < 4.78 is 28.6. The van der Waals surface area contributed by atoms with E-state index >= 15 is 0 Å². The molecule has 0 aromatic heterocycles. The van der Waals surface area contributed by atoms with Crippen LogP contribution in [0.5, 0.6) is 0 Å². The van der Waals surface area contributed by atoms with E-state index in [0.29, 0.717) is 23.9 Å². The maximum Gasteiger partial charge on any atom is 0.245 e. The Morgan fingerprint density at radius 1 is 1.06 bits per heavy atom. The number of halogens is 1. The number of rotatable bonds is 5. The van der Waals surface area contributed by atoms with Gasteiger partial charge in [0.15, 0.2) is 0 Å². The van der Waals surface area contributed by atoms with Gasteiger partial charge in [0, 0.05) is 24.2 Å². The van der Waals surface area contributed by atoms with E-state index in [1.54, 1.807) is 37.3 Å². The fraction of sp³-hybridized carbons (Fsp3) is 0.500. The zero-order valence-corrected chi connectivity index (χ0v) is 20.1. The number of piperidine rings is 2. The number of carbonyl (C=O) groups excluding carboxylic acids is 2. The predicted molar refractivity (Wildman–Crippen MR) is 126 cm³/mol. The molecule has 3 saturated heterocycles. The van der Waals surface area contributed by atoms with E-state index in [4.69, 9.17) is 11.6 Å². The number of hydrogen-bond acceptors (Lipinski definition) is 4. The number of hydrogen-bond donors (Lipinski definition) is 1. The van der Waals surface area contributed by atoms with Crippen molar-refractivity contribution in [2.45, 2.75) is 62.0 Å². The van der Waals surface area contributed by atoms with Crippen LogP contribution in [-0.2, 0) is 19.6 Å². The van der Waals surface area contributed by atoms with Crippen LogP contribution >= 0.6 is 11.6 Å². The van der Waals surface area contributed by atoms with Crippen LogP contribution in [0, 0.1) is 5.92 Å². The summed E-state index contributed by atoms with van der Waals surface area (Å²) in [4.78, 5) is 29.8. The molecule has 1 saturated carbocycles. The van der Waals surface area contributed by atoms with Gasteiger partial charge in [-0.05, 0) is 80.0 Å². The first kappa shape index (κ1) is 22.6. The summed E-state index contributed by atoms with van der Waals surface area (Å²) >= 11 is 6.01.